The fourth-order valence-corrected chi connectivity index (χ4v) is 3.62. The van der Waals surface area contributed by atoms with Crippen LogP contribution < -0.4 is 5.32 Å². The highest BCUT2D eigenvalue weighted by Gasteiger charge is 2.13. The van der Waals surface area contributed by atoms with Gasteiger partial charge in [-0.1, -0.05) is 0 Å². The summed E-state index contributed by atoms with van der Waals surface area (Å²) in [5.74, 6) is 0. The first-order valence-electron chi connectivity index (χ1n) is 6.54. The molecule has 5 heteroatoms. The van der Waals surface area contributed by atoms with Crippen LogP contribution in [0.3, 0.4) is 0 Å². The fourth-order valence-electron chi connectivity index (χ4n) is 2.17. The van der Waals surface area contributed by atoms with Crippen molar-refractivity contribution in [2.45, 2.75) is 13.0 Å². The second-order valence-corrected chi connectivity index (χ2v) is 7.46. The Hall–Kier alpha value is 0.0600. The zero-order chi connectivity index (χ0) is 13.0. The molecule has 1 aromatic heterocycles. The van der Waals surface area contributed by atoms with E-state index in [2.05, 4.69) is 57.2 Å². The smallest absolute Gasteiger partial charge is 0.0701 e. The van der Waals surface area contributed by atoms with Crippen molar-refractivity contribution < 1.29 is 0 Å². The molecule has 0 saturated carbocycles. The highest BCUT2D eigenvalue weighted by Crippen LogP contribution is 2.26. The first-order chi connectivity index (χ1) is 8.65. The molecule has 1 atom stereocenters. The molecule has 0 aromatic carbocycles. The zero-order valence-corrected chi connectivity index (χ0v) is 13.6. The minimum Gasteiger partial charge on any atom is -0.308 e. The first-order valence-corrected chi connectivity index (χ1v) is 8.15. The first kappa shape index (κ1) is 14.5. The van der Waals surface area contributed by atoms with Crippen LogP contribution in [0.2, 0.25) is 0 Å². The third kappa shape index (κ3) is 4.31. The van der Waals surface area contributed by atoms with Crippen molar-refractivity contribution in [1.29, 1.82) is 0 Å². The van der Waals surface area contributed by atoms with Crippen LogP contribution >= 0.6 is 27.3 Å². The Labute approximate surface area is 122 Å². The molecule has 1 saturated heterocycles. The molecule has 1 N–H and O–H groups in total. The minimum atomic E-state index is 0.453. The quantitative estimate of drug-likeness (QED) is 0.893. The van der Waals surface area contributed by atoms with Crippen molar-refractivity contribution in [3.05, 3.63) is 20.8 Å². The summed E-state index contributed by atoms with van der Waals surface area (Å²) in [5, 5.41) is 3.61. The van der Waals surface area contributed by atoms with E-state index in [9.17, 15) is 0 Å². The van der Waals surface area contributed by atoms with E-state index in [-0.39, 0.29) is 0 Å². The Morgan fingerprint density at radius 3 is 2.67 bits per heavy atom. The maximum Gasteiger partial charge on any atom is 0.0701 e. The summed E-state index contributed by atoms with van der Waals surface area (Å²) < 4.78 is 1.21. The van der Waals surface area contributed by atoms with Gasteiger partial charge in [0.1, 0.15) is 0 Å². The van der Waals surface area contributed by atoms with E-state index in [1.165, 1.54) is 34.8 Å². The van der Waals surface area contributed by atoms with E-state index in [1.54, 1.807) is 0 Å². The lowest BCUT2D eigenvalue weighted by Gasteiger charge is -2.32. The van der Waals surface area contributed by atoms with E-state index in [0.29, 0.717) is 6.04 Å². The van der Waals surface area contributed by atoms with Gasteiger partial charge >= 0.3 is 0 Å². The number of likely N-dealkylation sites (N-methyl/N-ethyl adjacent to an activating group) is 1. The van der Waals surface area contributed by atoms with E-state index in [1.807, 2.05) is 11.3 Å². The van der Waals surface area contributed by atoms with Gasteiger partial charge in [-0.15, -0.1) is 11.3 Å². The summed E-state index contributed by atoms with van der Waals surface area (Å²) in [4.78, 5) is 6.35. The molecule has 2 rings (SSSR count). The second-order valence-electron chi connectivity index (χ2n) is 4.96. The number of thiophene rings is 1. The Morgan fingerprint density at radius 1 is 1.33 bits per heavy atom. The Bertz CT molecular complexity index is 361. The van der Waals surface area contributed by atoms with Crippen LogP contribution in [0.1, 0.15) is 17.8 Å². The Morgan fingerprint density at radius 2 is 2.06 bits per heavy atom. The highest BCUT2D eigenvalue weighted by atomic mass is 79.9. The van der Waals surface area contributed by atoms with Gasteiger partial charge in [0.15, 0.2) is 0 Å². The summed E-state index contributed by atoms with van der Waals surface area (Å²) in [6.45, 7) is 9.28. The van der Waals surface area contributed by atoms with Gasteiger partial charge in [-0.25, -0.2) is 0 Å². The molecule has 0 aliphatic carbocycles. The third-order valence-corrected chi connectivity index (χ3v) is 5.30. The monoisotopic (exact) mass is 331 g/mol. The summed E-state index contributed by atoms with van der Waals surface area (Å²) >= 11 is 5.33. The average Bonchev–Trinajstić information content (AvgIpc) is 2.78. The van der Waals surface area contributed by atoms with Crippen LogP contribution in [0.4, 0.5) is 0 Å². The van der Waals surface area contributed by atoms with Gasteiger partial charge in [-0.05, 0) is 42.0 Å². The molecule has 0 bridgehead atoms. The van der Waals surface area contributed by atoms with Gasteiger partial charge in [-0.3, -0.25) is 4.90 Å². The van der Waals surface area contributed by atoms with E-state index >= 15 is 0 Å². The van der Waals surface area contributed by atoms with Crippen molar-refractivity contribution in [3.8, 4) is 0 Å². The van der Waals surface area contributed by atoms with Crippen molar-refractivity contribution in [1.82, 2.24) is 15.1 Å². The number of hydrogen-bond acceptors (Lipinski definition) is 4. The van der Waals surface area contributed by atoms with Crippen LogP contribution in [0, 0.1) is 0 Å². The van der Waals surface area contributed by atoms with Gasteiger partial charge < -0.3 is 10.2 Å². The lowest BCUT2D eigenvalue weighted by atomic mass is 10.2. The molecule has 18 heavy (non-hydrogen) atoms. The highest BCUT2D eigenvalue weighted by molar-refractivity contribution is 9.11. The molecule has 1 aliphatic rings. The van der Waals surface area contributed by atoms with Crippen molar-refractivity contribution in [2.24, 2.45) is 0 Å². The lowest BCUT2D eigenvalue weighted by molar-refractivity contribution is 0.154. The molecule has 1 fully saturated rings. The molecule has 1 aromatic rings. The van der Waals surface area contributed by atoms with Gasteiger partial charge in [0.2, 0.25) is 0 Å². The third-order valence-electron chi connectivity index (χ3n) is 3.50. The lowest BCUT2D eigenvalue weighted by Crippen LogP contribution is -2.46. The Balaban J connectivity index is 1.66. The predicted octanol–water partition coefficient (Wildman–Crippen LogP) is 2.41. The van der Waals surface area contributed by atoms with Crippen molar-refractivity contribution in [2.75, 3.05) is 46.3 Å². The maximum atomic E-state index is 3.61. The van der Waals surface area contributed by atoms with Crippen molar-refractivity contribution in [3.63, 3.8) is 0 Å². The summed E-state index contributed by atoms with van der Waals surface area (Å²) in [6, 6.07) is 4.77. The molecule has 1 aliphatic heterocycles. The average molecular weight is 332 g/mol. The van der Waals surface area contributed by atoms with Crippen molar-refractivity contribution >= 4 is 27.3 Å². The van der Waals surface area contributed by atoms with Crippen LogP contribution in [-0.4, -0.2) is 56.1 Å². The largest absolute Gasteiger partial charge is 0.308 e. The molecule has 0 spiro atoms. The topological polar surface area (TPSA) is 18.5 Å². The van der Waals surface area contributed by atoms with Crippen LogP contribution in [0.15, 0.2) is 15.9 Å². The molecular formula is C13H22BrN3S. The summed E-state index contributed by atoms with van der Waals surface area (Å²) in [6.07, 6.45) is 0. The van der Waals surface area contributed by atoms with E-state index in [4.69, 9.17) is 0 Å². The Kier molecular flexibility index (Phi) is 5.63. The minimum absolute atomic E-state index is 0.453. The summed E-state index contributed by atoms with van der Waals surface area (Å²) in [5.41, 5.74) is 0. The number of hydrogen-bond donors (Lipinski definition) is 1. The molecule has 3 nitrogen and oxygen atoms in total. The molecular weight excluding hydrogens is 310 g/mol. The zero-order valence-electron chi connectivity index (χ0n) is 11.2. The standard InChI is InChI=1S/C13H22BrN3S/c1-11(12-3-4-13(14)18-12)15-5-6-17-9-7-16(2)8-10-17/h3-4,11,15H,5-10H2,1-2H3. The number of nitrogens with one attached hydrogen (secondary N) is 1. The SMILES string of the molecule is CC(NCCN1CCN(C)CC1)c1ccc(Br)s1. The van der Waals surface area contributed by atoms with Gasteiger partial charge in [0.05, 0.1) is 3.79 Å². The molecule has 102 valence electrons. The number of halogens is 1. The van der Waals surface area contributed by atoms with Gasteiger partial charge in [0, 0.05) is 50.2 Å². The fraction of sp³-hybridized carbons (Fsp3) is 0.692. The van der Waals surface area contributed by atoms with Crippen LogP contribution in [0.5, 0.6) is 0 Å². The molecule has 1 unspecified atom stereocenters. The van der Waals surface area contributed by atoms with Crippen LogP contribution in [-0.2, 0) is 0 Å². The van der Waals surface area contributed by atoms with Gasteiger partial charge in [0.25, 0.3) is 0 Å². The number of rotatable bonds is 5. The van der Waals surface area contributed by atoms with Gasteiger partial charge in [-0.2, -0.15) is 0 Å². The molecule has 0 radical (unpaired) electrons. The van der Waals surface area contributed by atoms with Crippen LogP contribution in [0.25, 0.3) is 0 Å². The second kappa shape index (κ2) is 7.01. The maximum absolute atomic E-state index is 3.61. The predicted molar refractivity (Wildman–Crippen MR) is 82.4 cm³/mol. The van der Waals surface area contributed by atoms with E-state index < -0.39 is 0 Å². The number of nitrogens with zero attached hydrogens (tertiary/aromatic N) is 2. The summed E-state index contributed by atoms with van der Waals surface area (Å²) in [7, 11) is 2.20. The van der Waals surface area contributed by atoms with E-state index in [0.717, 1.165) is 13.1 Å². The number of piperazine rings is 1. The molecule has 0 amide bonds. The molecule has 2 heterocycles. The normalized spacial score (nSPS) is 20.2.